The molecule has 1 fully saturated rings. The molecule has 1 saturated heterocycles. The molecule has 5 rings (SSSR count). The molecule has 0 radical (unpaired) electrons. The van der Waals surface area contributed by atoms with Crippen LogP contribution in [0.4, 0.5) is 15.3 Å². The average molecular weight is 701 g/mol. The fraction of sp³-hybridized carbons (Fsp3) is 0.432. The first-order valence-electron chi connectivity index (χ1n) is 16.8. The molecule has 4 amide bonds. The first-order valence-corrected chi connectivity index (χ1v) is 20.5. The zero-order chi connectivity index (χ0) is 36.4. The number of likely N-dealkylation sites (tertiary alicyclic amines) is 1. The first-order chi connectivity index (χ1) is 23.6. The van der Waals surface area contributed by atoms with Crippen LogP contribution in [0, 0.1) is 0 Å². The van der Waals surface area contributed by atoms with Crippen molar-refractivity contribution in [2.45, 2.75) is 71.3 Å². The molecule has 1 atom stereocenters. The molecular formula is C37H48N6O6Si. The minimum Gasteiger partial charge on any atom is -0.496 e. The molecule has 1 aliphatic rings. The summed E-state index contributed by atoms with van der Waals surface area (Å²) in [6, 6.07) is 16.7. The molecule has 50 heavy (non-hydrogen) atoms. The van der Waals surface area contributed by atoms with Crippen LogP contribution in [0.25, 0.3) is 33.4 Å². The standard InChI is InChI=1S/C37H48N6O6Si/c1-37(2,3)49-36(46)41-19-18-30(41)34(44)43(35(45)40(4)5)27-16-14-25(15-17-27)26-22-29-32(28-12-10-11-13-31(28)47-6)39-42(33(29)38-23-26)24-48-20-21-50(7,8)9/h10-17,22-23,30H,18-21,24H2,1-9H3. The Morgan fingerprint density at radius 2 is 1.70 bits per heavy atom. The van der Waals surface area contributed by atoms with Crippen LogP contribution < -0.4 is 9.64 Å². The fourth-order valence-electron chi connectivity index (χ4n) is 5.54. The van der Waals surface area contributed by atoms with E-state index in [-0.39, 0.29) is 6.73 Å². The van der Waals surface area contributed by atoms with Crippen molar-refractivity contribution in [3.63, 3.8) is 0 Å². The van der Waals surface area contributed by atoms with Gasteiger partial charge in [0.25, 0.3) is 5.91 Å². The summed E-state index contributed by atoms with van der Waals surface area (Å²) in [5.74, 6) is 0.207. The second-order valence-electron chi connectivity index (χ2n) is 14.9. The maximum absolute atomic E-state index is 13.8. The molecule has 2 aromatic carbocycles. The Morgan fingerprint density at radius 1 is 1.00 bits per heavy atom. The summed E-state index contributed by atoms with van der Waals surface area (Å²) in [6.45, 7) is 13.6. The van der Waals surface area contributed by atoms with Crippen LogP contribution in [0.15, 0.2) is 60.8 Å². The van der Waals surface area contributed by atoms with Crippen LogP contribution in [0.5, 0.6) is 5.75 Å². The second kappa shape index (κ2) is 14.6. The number of benzene rings is 2. The number of pyridine rings is 1. The molecule has 266 valence electrons. The number of hydrogen-bond donors (Lipinski definition) is 0. The summed E-state index contributed by atoms with van der Waals surface area (Å²) in [6.07, 6.45) is 1.64. The maximum atomic E-state index is 13.8. The lowest BCUT2D eigenvalue weighted by Crippen LogP contribution is -2.61. The number of anilines is 1. The largest absolute Gasteiger partial charge is 0.496 e. The van der Waals surface area contributed by atoms with Crippen LogP contribution in [0.1, 0.15) is 27.2 Å². The number of fused-ring (bicyclic) bond motifs is 1. The number of amides is 4. The molecule has 2 aromatic heterocycles. The quantitative estimate of drug-likeness (QED) is 0.127. The third kappa shape index (κ3) is 8.16. The zero-order valence-corrected chi connectivity index (χ0v) is 31.5. The van der Waals surface area contributed by atoms with Crippen molar-refractivity contribution in [1.29, 1.82) is 0 Å². The van der Waals surface area contributed by atoms with Gasteiger partial charge >= 0.3 is 12.1 Å². The SMILES string of the molecule is COc1ccccc1-c1nn(COCC[Si](C)(C)C)c2ncc(-c3ccc(N(C(=O)C4CCN4C(=O)OC(C)(C)C)C(=O)N(C)C)cc3)cc12. The number of hydrogen-bond acceptors (Lipinski definition) is 8. The summed E-state index contributed by atoms with van der Waals surface area (Å²) < 4.78 is 19.0. The van der Waals surface area contributed by atoms with Gasteiger partial charge in [-0.1, -0.05) is 43.9 Å². The molecule has 1 unspecified atom stereocenters. The predicted molar refractivity (Wildman–Crippen MR) is 197 cm³/mol. The van der Waals surface area contributed by atoms with E-state index in [1.807, 2.05) is 42.5 Å². The van der Waals surface area contributed by atoms with Gasteiger partial charge in [-0.05, 0) is 69.1 Å². The van der Waals surface area contributed by atoms with Gasteiger partial charge in [-0.15, -0.1) is 0 Å². The Morgan fingerprint density at radius 3 is 2.30 bits per heavy atom. The van der Waals surface area contributed by atoms with Crippen molar-refractivity contribution in [2.75, 3.05) is 39.3 Å². The van der Waals surface area contributed by atoms with Crippen molar-refractivity contribution in [3.05, 3.63) is 60.8 Å². The van der Waals surface area contributed by atoms with Gasteiger partial charge in [0.05, 0.1) is 12.8 Å². The number of aromatic nitrogens is 3. The van der Waals surface area contributed by atoms with Crippen LogP contribution >= 0.6 is 0 Å². The summed E-state index contributed by atoms with van der Waals surface area (Å²) in [5.41, 5.74) is 3.58. The van der Waals surface area contributed by atoms with E-state index in [9.17, 15) is 14.4 Å². The molecule has 0 spiro atoms. The molecule has 0 N–H and O–H groups in total. The number of carbonyl (C=O) groups excluding carboxylic acids is 3. The summed E-state index contributed by atoms with van der Waals surface area (Å²) in [7, 11) is 3.55. The summed E-state index contributed by atoms with van der Waals surface area (Å²) in [5, 5.41) is 5.77. The van der Waals surface area contributed by atoms with Gasteiger partial charge in [-0.2, -0.15) is 5.10 Å². The number of urea groups is 1. The maximum Gasteiger partial charge on any atom is 0.410 e. The van der Waals surface area contributed by atoms with Crippen molar-refractivity contribution < 1.29 is 28.6 Å². The lowest BCUT2D eigenvalue weighted by Gasteiger charge is -2.42. The Bertz CT molecular complexity index is 1860. The van der Waals surface area contributed by atoms with Crippen LogP contribution in [0.3, 0.4) is 0 Å². The monoisotopic (exact) mass is 700 g/mol. The van der Waals surface area contributed by atoms with E-state index in [2.05, 4.69) is 19.6 Å². The normalized spacial score (nSPS) is 14.7. The van der Waals surface area contributed by atoms with Crippen molar-refractivity contribution in [2.24, 2.45) is 0 Å². The molecule has 3 heterocycles. The summed E-state index contributed by atoms with van der Waals surface area (Å²) >= 11 is 0. The Hall–Kier alpha value is -4.75. The molecule has 0 bridgehead atoms. The fourth-order valence-corrected chi connectivity index (χ4v) is 6.30. The molecule has 12 nitrogen and oxygen atoms in total. The Balaban J connectivity index is 1.46. The number of rotatable bonds is 10. The van der Waals surface area contributed by atoms with Gasteiger partial charge in [0.2, 0.25) is 0 Å². The van der Waals surface area contributed by atoms with Crippen LogP contribution in [0.2, 0.25) is 25.7 Å². The molecular weight excluding hydrogens is 653 g/mol. The van der Waals surface area contributed by atoms with Gasteiger partial charge in [0, 0.05) is 58.0 Å². The third-order valence-corrected chi connectivity index (χ3v) is 10.0. The highest BCUT2D eigenvalue weighted by molar-refractivity contribution is 6.76. The topological polar surface area (TPSA) is 119 Å². The smallest absolute Gasteiger partial charge is 0.410 e. The van der Waals surface area contributed by atoms with Gasteiger partial charge in [-0.25, -0.2) is 24.2 Å². The highest BCUT2D eigenvalue weighted by atomic mass is 28.3. The Kier molecular flexibility index (Phi) is 10.7. The van der Waals surface area contributed by atoms with E-state index in [4.69, 9.17) is 24.3 Å². The predicted octanol–water partition coefficient (Wildman–Crippen LogP) is 7.11. The highest BCUT2D eigenvalue weighted by Gasteiger charge is 2.44. The van der Waals surface area contributed by atoms with Gasteiger partial charge in [0.1, 0.15) is 29.8 Å². The minimum atomic E-state index is -1.25. The lowest BCUT2D eigenvalue weighted by molar-refractivity contribution is -0.127. The molecule has 4 aromatic rings. The summed E-state index contributed by atoms with van der Waals surface area (Å²) in [4.78, 5) is 48.6. The first kappa shape index (κ1) is 36.5. The lowest BCUT2D eigenvalue weighted by atomic mass is 10.0. The number of carbonyl (C=O) groups is 3. The highest BCUT2D eigenvalue weighted by Crippen LogP contribution is 2.36. The second-order valence-corrected chi connectivity index (χ2v) is 20.5. The molecule has 13 heteroatoms. The van der Waals surface area contributed by atoms with Gasteiger partial charge in [-0.3, -0.25) is 9.69 Å². The van der Waals surface area contributed by atoms with E-state index < -0.39 is 37.7 Å². The number of ether oxygens (including phenoxy) is 3. The number of methoxy groups -OCH3 is 1. The average Bonchev–Trinajstić information content (AvgIpc) is 3.39. The van der Waals surface area contributed by atoms with Crippen LogP contribution in [-0.2, 0) is 21.0 Å². The zero-order valence-electron chi connectivity index (χ0n) is 30.5. The molecule has 1 aliphatic heterocycles. The van der Waals surface area contributed by atoms with Crippen molar-refractivity contribution in [3.8, 4) is 28.1 Å². The number of nitrogens with zero attached hydrogens (tertiary/aromatic N) is 6. The van der Waals surface area contributed by atoms with Crippen molar-refractivity contribution >= 4 is 42.8 Å². The van der Waals surface area contributed by atoms with Gasteiger partial charge < -0.3 is 19.1 Å². The van der Waals surface area contributed by atoms with E-state index in [1.165, 1.54) is 9.80 Å². The van der Waals surface area contributed by atoms with E-state index in [1.54, 1.807) is 65.0 Å². The van der Waals surface area contributed by atoms with Gasteiger partial charge in [0.15, 0.2) is 5.65 Å². The van der Waals surface area contributed by atoms with Crippen LogP contribution in [-0.4, -0.2) is 96.7 Å². The number of imide groups is 1. The van der Waals surface area contributed by atoms with Crippen molar-refractivity contribution in [1.82, 2.24) is 24.6 Å². The number of para-hydroxylation sites is 1. The molecule has 0 aliphatic carbocycles. The Labute approximate surface area is 294 Å². The minimum absolute atomic E-state index is 0.271. The third-order valence-electron chi connectivity index (χ3n) is 8.34. The van der Waals surface area contributed by atoms with E-state index in [0.717, 1.165) is 38.7 Å². The van der Waals surface area contributed by atoms with E-state index in [0.29, 0.717) is 36.7 Å². The van der Waals surface area contributed by atoms with E-state index >= 15 is 0 Å². The molecule has 0 saturated carbocycles.